The lowest BCUT2D eigenvalue weighted by Gasteiger charge is -2.21. The van der Waals surface area contributed by atoms with Crippen LogP contribution < -0.4 is 0 Å². The Bertz CT molecular complexity index is 187. The molecule has 102 valence electrons. The predicted octanol–water partition coefficient (Wildman–Crippen LogP) is 2.80. The molecule has 0 aliphatic rings. The quantitative estimate of drug-likeness (QED) is 0.344. The summed E-state index contributed by atoms with van der Waals surface area (Å²) in [6.07, 6.45) is 6.53. The average molecular weight is 243 g/mol. The zero-order valence-electron chi connectivity index (χ0n) is 11.7. The fraction of sp³-hybridized carbons (Fsp3) is 0.857. The van der Waals surface area contributed by atoms with Crippen LogP contribution in [-0.4, -0.2) is 42.0 Å². The van der Waals surface area contributed by atoms with Crippen molar-refractivity contribution in [1.82, 2.24) is 4.90 Å². The molecule has 0 atom stereocenters. The van der Waals surface area contributed by atoms with Crippen molar-refractivity contribution < 1.29 is 9.84 Å². The van der Waals surface area contributed by atoms with Gasteiger partial charge in [-0.3, -0.25) is 4.90 Å². The van der Waals surface area contributed by atoms with E-state index >= 15 is 0 Å². The Kier molecular flexibility index (Phi) is 9.41. The van der Waals surface area contributed by atoms with E-state index < -0.39 is 5.79 Å². The zero-order valence-corrected chi connectivity index (χ0v) is 11.7. The van der Waals surface area contributed by atoms with E-state index in [-0.39, 0.29) is 0 Å². The maximum Gasteiger partial charge on any atom is 0.159 e. The van der Waals surface area contributed by atoms with E-state index in [2.05, 4.69) is 18.4 Å². The van der Waals surface area contributed by atoms with Crippen LogP contribution in [0.2, 0.25) is 0 Å². The van der Waals surface area contributed by atoms with Gasteiger partial charge in [0.1, 0.15) is 0 Å². The van der Waals surface area contributed by atoms with Gasteiger partial charge in [-0.1, -0.05) is 19.4 Å². The first-order chi connectivity index (χ1) is 7.99. The monoisotopic (exact) mass is 243 g/mol. The summed E-state index contributed by atoms with van der Waals surface area (Å²) in [7, 11) is 0. The number of aliphatic hydroxyl groups is 1. The molecule has 0 unspecified atom stereocenters. The Labute approximate surface area is 106 Å². The van der Waals surface area contributed by atoms with Crippen molar-refractivity contribution in [2.75, 3.05) is 26.2 Å². The van der Waals surface area contributed by atoms with Crippen LogP contribution >= 0.6 is 0 Å². The standard InChI is InChI=1S/C14H29NO2/c1-5-7-11-15(10-6-2)12-8-9-13-17-14(3,4)16/h6,16H,2,5,7-13H2,1,3-4H3. The van der Waals surface area contributed by atoms with E-state index in [0.29, 0.717) is 6.61 Å². The van der Waals surface area contributed by atoms with Gasteiger partial charge in [-0.25, -0.2) is 0 Å². The topological polar surface area (TPSA) is 32.7 Å². The average Bonchev–Trinajstić information content (AvgIpc) is 2.23. The SMILES string of the molecule is C=CCN(CCCC)CCCCOC(C)(C)O. The Morgan fingerprint density at radius 3 is 2.41 bits per heavy atom. The fourth-order valence-electron chi connectivity index (χ4n) is 1.62. The van der Waals surface area contributed by atoms with Crippen LogP contribution in [-0.2, 0) is 4.74 Å². The van der Waals surface area contributed by atoms with Gasteiger partial charge in [0.25, 0.3) is 0 Å². The molecule has 0 aliphatic heterocycles. The highest BCUT2D eigenvalue weighted by Crippen LogP contribution is 2.05. The minimum atomic E-state index is -0.997. The lowest BCUT2D eigenvalue weighted by atomic mass is 10.2. The summed E-state index contributed by atoms with van der Waals surface area (Å²) in [5.74, 6) is -0.997. The minimum absolute atomic E-state index is 0.624. The Balaban J connectivity index is 3.56. The van der Waals surface area contributed by atoms with Gasteiger partial charge in [0.2, 0.25) is 0 Å². The van der Waals surface area contributed by atoms with Gasteiger partial charge < -0.3 is 9.84 Å². The summed E-state index contributed by atoms with van der Waals surface area (Å²) in [6, 6.07) is 0. The van der Waals surface area contributed by atoms with Crippen molar-refractivity contribution in [3.05, 3.63) is 12.7 Å². The summed E-state index contributed by atoms with van der Waals surface area (Å²) >= 11 is 0. The van der Waals surface area contributed by atoms with Crippen molar-refractivity contribution in [3.8, 4) is 0 Å². The highest BCUT2D eigenvalue weighted by molar-refractivity contribution is 4.73. The van der Waals surface area contributed by atoms with E-state index in [4.69, 9.17) is 4.74 Å². The molecular weight excluding hydrogens is 214 g/mol. The number of nitrogens with zero attached hydrogens (tertiary/aromatic N) is 1. The van der Waals surface area contributed by atoms with E-state index in [1.165, 1.54) is 12.8 Å². The molecule has 0 fully saturated rings. The largest absolute Gasteiger partial charge is 0.366 e. The van der Waals surface area contributed by atoms with Crippen molar-refractivity contribution >= 4 is 0 Å². The maximum atomic E-state index is 9.38. The van der Waals surface area contributed by atoms with Crippen LogP contribution in [0.15, 0.2) is 12.7 Å². The van der Waals surface area contributed by atoms with E-state index in [1.807, 2.05) is 6.08 Å². The summed E-state index contributed by atoms with van der Waals surface area (Å²) in [4.78, 5) is 2.42. The highest BCUT2D eigenvalue weighted by atomic mass is 16.6. The second kappa shape index (κ2) is 9.63. The van der Waals surface area contributed by atoms with Gasteiger partial charge in [-0.05, 0) is 46.2 Å². The number of hydrogen-bond donors (Lipinski definition) is 1. The summed E-state index contributed by atoms with van der Waals surface area (Å²) in [6.45, 7) is 13.1. The molecule has 0 radical (unpaired) electrons. The van der Waals surface area contributed by atoms with Gasteiger partial charge in [-0.2, -0.15) is 0 Å². The number of ether oxygens (including phenoxy) is 1. The molecule has 3 nitrogen and oxygen atoms in total. The van der Waals surface area contributed by atoms with Crippen LogP contribution in [0.3, 0.4) is 0 Å². The summed E-state index contributed by atoms with van der Waals surface area (Å²) < 4.78 is 5.27. The lowest BCUT2D eigenvalue weighted by molar-refractivity contribution is -0.176. The van der Waals surface area contributed by atoms with Crippen LogP contribution in [0.5, 0.6) is 0 Å². The molecule has 0 aromatic rings. The second-order valence-electron chi connectivity index (χ2n) is 4.95. The number of rotatable bonds is 11. The first-order valence-electron chi connectivity index (χ1n) is 6.69. The van der Waals surface area contributed by atoms with Crippen molar-refractivity contribution in [2.24, 2.45) is 0 Å². The second-order valence-corrected chi connectivity index (χ2v) is 4.95. The first-order valence-corrected chi connectivity index (χ1v) is 6.69. The zero-order chi connectivity index (χ0) is 13.1. The molecular formula is C14H29NO2. The Hall–Kier alpha value is -0.380. The normalized spacial score (nSPS) is 12.1. The number of hydrogen-bond acceptors (Lipinski definition) is 3. The third-order valence-corrected chi connectivity index (χ3v) is 2.54. The van der Waals surface area contributed by atoms with Gasteiger partial charge in [0.05, 0.1) is 6.61 Å². The van der Waals surface area contributed by atoms with Gasteiger partial charge in [0, 0.05) is 6.54 Å². The smallest absolute Gasteiger partial charge is 0.159 e. The molecule has 1 N–H and O–H groups in total. The molecule has 0 saturated heterocycles. The van der Waals surface area contributed by atoms with Crippen molar-refractivity contribution in [3.63, 3.8) is 0 Å². The van der Waals surface area contributed by atoms with E-state index in [1.54, 1.807) is 13.8 Å². The molecule has 0 aromatic heterocycles. The van der Waals surface area contributed by atoms with Gasteiger partial charge in [0.15, 0.2) is 5.79 Å². The third-order valence-electron chi connectivity index (χ3n) is 2.54. The number of unbranched alkanes of at least 4 members (excludes halogenated alkanes) is 2. The molecule has 0 rings (SSSR count). The molecule has 0 bridgehead atoms. The molecule has 0 aromatic carbocycles. The molecule has 0 saturated carbocycles. The minimum Gasteiger partial charge on any atom is -0.366 e. The Morgan fingerprint density at radius 2 is 1.88 bits per heavy atom. The lowest BCUT2D eigenvalue weighted by Crippen LogP contribution is -2.27. The molecule has 0 amide bonds. The van der Waals surface area contributed by atoms with Crippen LogP contribution in [0.25, 0.3) is 0 Å². The van der Waals surface area contributed by atoms with Crippen molar-refractivity contribution in [2.45, 2.75) is 52.2 Å². The molecule has 0 spiro atoms. The highest BCUT2D eigenvalue weighted by Gasteiger charge is 2.11. The Morgan fingerprint density at radius 1 is 1.24 bits per heavy atom. The van der Waals surface area contributed by atoms with Crippen LogP contribution in [0.4, 0.5) is 0 Å². The summed E-state index contributed by atoms with van der Waals surface area (Å²) in [5, 5.41) is 9.38. The first kappa shape index (κ1) is 16.6. The van der Waals surface area contributed by atoms with Crippen molar-refractivity contribution in [1.29, 1.82) is 0 Å². The van der Waals surface area contributed by atoms with Gasteiger partial charge in [-0.15, -0.1) is 6.58 Å². The molecule has 0 heterocycles. The summed E-state index contributed by atoms with van der Waals surface area (Å²) in [5.41, 5.74) is 0. The van der Waals surface area contributed by atoms with Crippen LogP contribution in [0, 0.1) is 0 Å². The third kappa shape index (κ3) is 11.9. The maximum absolute atomic E-state index is 9.38. The predicted molar refractivity (Wildman–Crippen MR) is 73.0 cm³/mol. The van der Waals surface area contributed by atoms with Crippen LogP contribution in [0.1, 0.15) is 46.5 Å². The van der Waals surface area contributed by atoms with E-state index in [9.17, 15) is 5.11 Å². The fourth-order valence-corrected chi connectivity index (χ4v) is 1.62. The van der Waals surface area contributed by atoms with E-state index in [0.717, 1.165) is 32.5 Å². The molecule has 17 heavy (non-hydrogen) atoms. The molecule has 0 aliphatic carbocycles. The molecule has 3 heteroatoms. The van der Waals surface area contributed by atoms with Gasteiger partial charge >= 0.3 is 0 Å².